The van der Waals surface area contributed by atoms with Crippen LogP contribution in [0, 0.1) is 11.6 Å². The Kier molecular flexibility index (Phi) is 5.46. The summed E-state index contributed by atoms with van der Waals surface area (Å²) in [5.74, 6) is -0.859. The number of rotatable bonds is 4. The fourth-order valence-electron chi connectivity index (χ4n) is 3.67. The third-order valence-electron chi connectivity index (χ3n) is 5.21. The topological polar surface area (TPSA) is 35.6 Å². The third-order valence-corrected chi connectivity index (χ3v) is 5.21. The molecule has 4 nitrogen and oxygen atoms in total. The molecule has 0 saturated carbocycles. The molecule has 2 aliphatic rings. The molecule has 0 aliphatic carbocycles. The molecular weight excluding hydrogens is 312 g/mol. The minimum Gasteiger partial charge on any atom is -0.340 e. The van der Waals surface area contributed by atoms with E-state index in [2.05, 4.69) is 10.2 Å². The van der Waals surface area contributed by atoms with Gasteiger partial charge < -0.3 is 10.2 Å². The van der Waals surface area contributed by atoms with Gasteiger partial charge in [-0.3, -0.25) is 9.69 Å². The lowest BCUT2D eigenvalue weighted by Gasteiger charge is -2.38. The summed E-state index contributed by atoms with van der Waals surface area (Å²) in [6.07, 6.45) is 2.79. The van der Waals surface area contributed by atoms with Crippen molar-refractivity contribution in [2.45, 2.75) is 38.3 Å². The van der Waals surface area contributed by atoms with Gasteiger partial charge in [-0.15, -0.1) is 0 Å². The highest BCUT2D eigenvalue weighted by Gasteiger charge is 2.27. The Balaban J connectivity index is 1.53. The van der Waals surface area contributed by atoms with E-state index in [1.807, 2.05) is 11.8 Å². The first-order valence-corrected chi connectivity index (χ1v) is 8.75. The van der Waals surface area contributed by atoms with E-state index >= 15 is 0 Å². The monoisotopic (exact) mass is 337 g/mol. The molecule has 3 rings (SSSR count). The first-order valence-electron chi connectivity index (χ1n) is 8.75. The van der Waals surface area contributed by atoms with Crippen LogP contribution in [0.4, 0.5) is 8.78 Å². The molecule has 6 heteroatoms. The van der Waals surface area contributed by atoms with Crippen LogP contribution in [0.25, 0.3) is 0 Å². The second-order valence-corrected chi connectivity index (χ2v) is 6.76. The zero-order valence-electron chi connectivity index (χ0n) is 14.1. The molecule has 132 valence electrons. The number of nitrogens with zero attached hydrogens (tertiary/aromatic N) is 2. The van der Waals surface area contributed by atoms with Gasteiger partial charge in [0.05, 0.1) is 0 Å². The summed E-state index contributed by atoms with van der Waals surface area (Å²) in [6.45, 7) is 5.68. The average molecular weight is 337 g/mol. The molecule has 0 bridgehead atoms. The first kappa shape index (κ1) is 17.3. The van der Waals surface area contributed by atoms with Crippen molar-refractivity contribution in [3.8, 4) is 0 Å². The molecular formula is C18H25F2N3O. The van der Waals surface area contributed by atoms with Gasteiger partial charge in [0.2, 0.25) is 5.91 Å². The summed E-state index contributed by atoms with van der Waals surface area (Å²) in [5.41, 5.74) is 0.506. The number of carbonyl (C=O) groups excluding carboxylic acids is 1. The summed E-state index contributed by atoms with van der Waals surface area (Å²) < 4.78 is 27.0. The lowest BCUT2D eigenvalue weighted by Crippen LogP contribution is -2.50. The molecule has 2 aliphatic heterocycles. The van der Waals surface area contributed by atoms with Crippen LogP contribution >= 0.6 is 0 Å². The fraction of sp³-hybridized carbons (Fsp3) is 0.611. The zero-order valence-corrected chi connectivity index (χ0v) is 14.1. The molecule has 2 saturated heterocycles. The van der Waals surface area contributed by atoms with E-state index in [1.165, 1.54) is 12.1 Å². The maximum absolute atomic E-state index is 13.9. The van der Waals surface area contributed by atoms with Crippen molar-refractivity contribution in [1.29, 1.82) is 0 Å². The Hall–Kier alpha value is -1.53. The van der Waals surface area contributed by atoms with E-state index in [0.717, 1.165) is 25.5 Å². The van der Waals surface area contributed by atoms with Gasteiger partial charge in [0.15, 0.2) is 0 Å². The van der Waals surface area contributed by atoms with Gasteiger partial charge in [-0.05, 0) is 32.4 Å². The Morgan fingerprint density at radius 3 is 2.67 bits per heavy atom. The predicted octanol–water partition coefficient (Wildman–Crippen LogP) is 2.31. The summed E-state index contributed by atoms with van der Waals surface area (Å²) >= 11 is 0. The highest BCUT2D eigenvalue weighted by atomic mass is 19.1. The molecule has 2 fully saturated rings. The second-order valence-electron chi connectivity index (χ2n) is 6.76. The molecule has 2 atom stereocenters. The van der Waals surface area contributed by atoms with E-state index in [4.69, 9.17) is 0 Å². The number of benzene rings is 1. The van der Waals surface area contributed by atoms with Crippen LogP contribution in [0.15, 0.2) is 18.2 Å². The molecule has 0 aromatic heterocycles. The van der Waals surface area contributed by atoms with Crippen molar-refractivity contribution in [1.82, 2.24) is 15.1 Å². The zero-order chi connectivity index (χ0) is 17.1. The molecule has 24 heavy (non-hydrogen) atoms. The van der Waals surface area contributed by atoms with Crippen molar-refractivity contribution < 1.29 is 13.6 Å². The minimum absolute atomic E-state index is 0.126. The maximum atomic E-state index is 13.9. The van der Waals surface area contributed by atoms with E-state index < -0.39 is 11.6 Å². The van der Waals surface area contributed by atoms with Crippen molar-refractivity contribution in [2.75, 3.05) is 32.7 Å². The quantitative estimate of drug-likeness (QED) is 0.916. The van der Waals surface area contributed by atoms with Crippen LogP contribution in [0.2, 0.25) is 0 Å². The molecule has 1 amide bonds. The van der Waals surface area contributed by atoms with Crippen molar-refractivity contribution in [2.24, 2.45) is 0 Å². The molecule has 2 heterocycles. The van der Waals surface area contributed by atoms with Crippen molar-refractivity contribution in [3.63, 3.8) is 0 Å². The largest absolute Gasteiger partial charge is 0.340 e. The highest BCUT2D eigenvalue weighted by molar-refractivity contribution is 5.77. The Morgan fingerprint density at radius 1 is 1.29 bits per heavy atom. The Morgan fingerprint density at radius 2 is 2.04 bits per heavy atom. The van der Waals surface area contributed by atoms with Crippen LogP contribution in [0.3, 0.4) is 0 Å². The van der Waals surface area contributed by atoms with Gasteiger partial charge in [-0.25, -0.2) is 8.78 Å². The normalized spacial score (nSPS) is 23.5. The van der Waals surface area contributed by atoms with E-state index in [-0.39, 0.29) is 11.9 Å². The molecule has 0 radical (unpaired) electrons. The minimum atomic E-state index is -0.556. The molecule has 1 aromatic carbocycles. The van der Waals surface area contributed by atoms with Crippen LogP contribution < -0.4 is 5.32 Å². The predicted molar refractivity (Wildman–Crippen MR) is 88.6 cm³/mol. The standard InChI is InChI=1S/C18H25F2N3O/c1-13(16-5-4-14(19)11-17(16)20)22-7-9-23(10-8-22)18(24)12-15-3-2-6-21-15/h4-5,11,13,15,21H,2-3,6-10,12H2,1H3. The Bertz CT molecular complexity index is 582. The van der Waals surface area contributed by atoms with Gasteiger partial charge in [-0.2, -0.15) is 0 Å². The number of hydrogen-bond donors (Lipinski definition) is 1. The SMILES string of the molecule is CC(c1ccc(F)cc1F)N1CCN(C(=O)CC2CCCN2)CC1. The van der Waals surface area contributed by atoms with Gasteiger partial charge in [0, 0.05) is 56.3 Å². The van der Waals surface area contributed by atoms with E-state index in [9.17, 15) is 13.6 Å². The summed E-state index contributed by atoms with van der Waals surface area (Å²) in [5, 5.41) is 3.36. The lowest BCUT2D eigenvalue weighted by atomic mass is 10.0. The average Bonchev–Trinajstić information content (AvgIpc) is 3.07. The fourth-order valence-corrected chi connectivity index (χ4v) is 3.67. The number of carbonyl (C=O) groups is 1. The highest BCUT2D eigenvalue weighted by Crippen LogP contribution is 2.25. The number of piperazine rings is 1. The third kappa shape index (κ3) is 3.92. The van der Waals surface area contributed by atoms with Gasteiger partial charge >= 0.3 is 0 Å². The number of nitrogens with one attached hydrogen (secondary N) is 1. The number of halogens is 2. The molecule has 1 N–H and O–H groups in total. The van der Waals surface area contributed by atoms with Crippen molar-refractivity contribution in [3.05, 3.63) is 35.4 Å². The molecule has 2 unspecified atom stereocenters. The van der Waals surface area contributed by atoms with Crippen LogP contribution in [0.1, 0.15) is 37.8 Å². The summed E-state index contributed by atoms with van der Waals surface area (Å²) in [6, 6.07) is 3.93. The smallest absolute Gasteiger partial charge is 0.224 e. The van der Waals surface area contributed by atoms with Gasteiger partial charge in [0.1, 0.15) is 11.6 Å². The Labute approximate surface area is 141 Å². The van der Waals surface area contributed by atoms with Crippen molar-refractivity contribution >= 4 is 5.91 Å². The molecule has 1 aromatic rings. The first-order chi connectivity index (χ1) is 11.5. The maximum Gasteiger partial charge on any atom is 0.224 e. The van der Waals surface area contributed by atoms with E-state index in [1.54, 1.807) is 0 Å². The van der Waals surface area contributed by atoms with Gasteiger partial charge in [0.25, 0.3) is 0 Å². The summed E-state index contributed by atoms with van der Waals surface area (Å²) in [7, 11) is 0. The van der Waals surface area contributed by atoms with E-state index in [0.29, 0.717) is 44.2 Å². The van der Waals surface area contributed by atoms with Crippen LogP contribution in [0.5, 0.6) is 0 Å². The molecule has 0 spiro atoms. The van der Waals surface area contributed by atoms with Crippen LogP contribution in [-0.2, 0) is 4.79 Å². The van der Waals surface area contributed by atoms with Gasteiger partial charge in [-0.1, -0.05) is 6.07 Å². The van der Waals surface area contributed by atoms with Crippen LogP contribution in [-0.4, -0.2) is 54.5 Å². The lowest BCUT2D eigenvalue weighted by molar-refractivity contribution is -0.133. The number of amides is 1. The number of hydrogen-bond acceptors (Lipinski definition) is 3. The summed E-state index contributed by atoms with van der Waals surface area (Å²) in [4.78, 5) is 16.4. The second kappa shape index (κ2) is 7.57.